The number of carboxylic acid groups (broad SMARTS) is 2. The van der Waals surface area contributed by atoms with Gasteiger partial charge in [-0.1, -0.05) is 61.9 Å². The van der Waals surface area contributed by atoms with Crippen LogP contribution in [0.25, 0.3) is 5.03 Å². The lowest BCUT2D eigenvalue weighted by atomic mass is 10.1. The Morgan fingerprint density at radius 3 is 2.17 bits per heavy atom. The first-order valence-electron chi connectivity index (χ1n) is 5.67. The Morgan fingerprint density at radius 2 is 1.78 bits per heavy atom. The van der Waals surface area contributed by atoms with E-state index in [1.54, 1.807) is 0 Å². The van der Waals surface area contributed by atoms with Crippen LogP contribution in [0, 0.1) is 11.3 Å². The van der Waals surface area contributed by atoms with Crippen LogP contribution in [0.15, 0.2) is 36.4 Å². The molecule has 18 heavy (non-hydrogen) atoms. The highest BCUT2D eigenvalue weighted by atomic mass is 35.5. The number of allylic oxidation sites excluding steroid dienone is 1. The summed E-state index contributed by atoms with van der Waals surface area (Å²) in [6, 6.07) is 10.1. The molecule has 3 nitrogen and oxygen atoms in total. The van der Waals surface area contributed by atoms with Crippen molar-refractivity contribution in [3.63, 3.8) is 0 Å². The van der Waals surface area contributed by atoms with Gasteiger partial charge in [-0.3, -0.25) is 0 Å². The lowest BCUT2D eigenvalue weighted by molar-refractivity contribution is 0.137. The van der Waals surface area contributed by atoms with Crippen LogP contribution in [-0.2, 0) is 0 Å². The lowest BCUT2D eigenvalue weighted by Crippen LogP contribution is -1.87. The summed E-state index contributed by atoms with van der Waals surface area (Å²) in [7, 11) is 0. The van der Waals surface area contributed by atoms with Crippen LogP contribution in [0.2, 0.25) is 0 Å². The van der Waals surface area contributed by atoms with Gasteiger partial charge in [0, 0.05) is 5.03 Å². The fourth-order valence-electron chi connectivity index (χ4n) is 1.66. The third-order valence-corrected chi connectivity index (χ3v) is 3.33. The van der Waals surface area contributed by atoms with Gasteiger partial charge in [0.1, 0.15) is 0 Å². The molecule has 1 aliphatic rings. The first-order valence-corrected chi connectivity index (χ1v) is 6.05. The highest BCUT2D eigenvalue weighted by Crippen LogP contribution is 2.53. The molecule has 1 fully saturated rings. The molecular weight excluding hydrogens is 252 g/mol. The van der Waals surface area contributed by atoms with Crippen LogP contribution < -0.4 is 0 Å². The molecule has 1 aromatic rings. The number of benzene rings is 1. The minimum atomic E-state index is -1.83. The summed E-state index contributed by atoms with van der Waals surface area (Å²) in [4.78, 5) is 8.56. The van der Waals surface area contributed by atoms with Gasteiger partial charge in [0.05, 0.1) is 0 Å². The monoisotopic (exact) mass is 268 g/mol. The average Bonchev–Trinajstić information content (AvgIpc) is 2.86. The van der Waals surface area contributed by atoms with Crippen LogP contribution in [0.3, 0.4) is 0 Å². The Kier molecular flexibility index (Phi) is 4.79. The van der Waals surface area contributed by atoms with Crippen molar-refractivity contribution in [3.8, 4) is 0 Å². The van der Waals surface area contributed by atoms with E-state index in [0.717, 1.165) is 10.6 Å². The molecule has 0 spiro atoms. The SMILES string of the molecule is CC1(C)CC1C=C(Cl)c1ccccc1.O=C(O)O. The normalized spacial score (nSPS) is 20.6. The molecular formula is C14H17ClO3. The van der Waals surface area contributed by atoms with E-state index in [-0.39, 0.29) is 0 Å². The third-order valence-electron chi connectivity index (χ3n) is 2.99. The number of carbonyl (C=O) groups is 1. The zero-order valence-electron chi connectivity index (χ0n) is 10.4. The maximum atomic E-state index is 8.56. The average molecular weight is 269 g/mol. The molecule has 0 aromatic heterocycles. The van der Waals surface area contributed by atoms with Gasteiger partial charge < -0.3 is 10.2 Å². The van der Waals surface area contributed by atoms with Gasteiger partial charge in [0.25, 0.3) is 0 Å². The highest BCUT2D eigenvalue weighted by molar-refractivity contribution is 6.48. The van der Waals surface area contributed by atoms with Crippen LogP contribution in [0.1, 0.15) is 25.8 Å². The Morgan fingerprint density at radius 1 is 1.33 bits per heavy atom. The maximum absolute atomic E-state index is 8.56. The van der Waals surface area contributed by atoms with Gasteiger partial charge in [-0.25, -0.2) is 4.79 Å². The summed E-state index contributed by atoms with van der Waals surface area (Å²) < 4.78 is 0. The molecule has 1 aromatic carbocycles. The van der Waals surface area contributed by atoms with Crippen molar-refractivity contribution in [2.45, 2.75) is 20.3 Å². The number of halogens is 1. The van der Waals surface area contributed by atoms with E-state index in [4.69, 9.17) is 26.6 Å². The molecule has 0 bridgehead atoms. The summed E-state index contributed by atoms with van der Waals surface area (Å²) in [5.41, 5.74) is 1.59. The van der Waals surface area contributed by atoms with Crippen LogP contribution in [0.4, 0.5) is 4.79 Å². The van der Waals surface area contributed by atoms with Gasteiger partial charge in [0.15, 0.2) is 0 Å². The van der Waals surface area contributed by atoms with E-state index >= 15 is 0 Å². The quantitative estimate of drug-likeness (QED) is 0.828. The minimum absolute atomic E-state index is 0.467. The molecule has 4 heteroatoms. The smallest absolute Gasteiger partial charge is 0.450 e. The Bertz CT molecular complexity index is 434. The van der Waals surface area contributed by atoms with E-state index in [0.29, 0.717) is 11.3 Å². The first-order chi connectivity index (χ1) is 8.33. The van der Waals surface area contributed by atoms with E-state index in [2.05, 4.69) is 19.9 Å². The predicted octanol–water partition coefficient (Wildman–Crippen LogP) is 4.53. The predicted molar refractivity (Wildman–Crippen MR) is 72.8 cm³/mol. The Balaban J connectivity index is 0.000000357. The molecule has 1 aliphatic carbocycles. The van der Waals surface area contributed by atoms with Crippen LogP contribution in [-0.4, -0.2) is 16.4 Å². The third kappa shape index (κ3) is 4.80. The second kappa shape index (κ2) is 5.91. The highest BCUT2D eigenvalue weighted by Gasteiger charge is 2.43. The van der Waals surface area contributed by atoms with E-state index in [1.807, 2.05) is 30.3 Å². The molecule has 0 saturated heterocycles. The van der Waals surface area contributed by atoms with Gasteiger partial charge in [-0.05, 0) is 23.3 Å². The minimum Gasteiger partial charge on any atom is -0.450 e. The summed E-state index contributed by atoms with van der Waals surface area (Å²) in [5, 5.41) is 14.8. The molecule has 2 rings (SSSR count). The number of rotatable bonds is 2. The largest absolute Gasteiger partial charge is 0.503 e. The summed E-state index contributed by atoms with van der Waals surface area (Å²) in [6.45, 7) is 4.56. The van der Waals surface area contributed by atoms with E-state index < -0.39 is 6.16 Å². The molecule has 1 unspecified atom stereocenters. The van der Waals surface area contributed by atoms with Gasteiger partial charge in [-0.15, -0.1) is 0 Å². The molecule has 1 saturated carbocycles. The zero-order chi connectivity index (χ0) is 13.8. The van der Waals surface area contributed by atoms with Gasteiger partial charge >= 0.3 is 6.16 Å². The topological polar surface area (TPSA) is 57.5 Å². The molecule has 0 heterocycles. The zero-order valence-corrected chi connectivity index (χ0v) is 11.2. The van der Waals surface area contributed by atoms with Crippen molar-refractivity contribution in [2.75, 3.05) is 0 Å². The van der Waals surface area contributed by atoms with Crippen molar-refractivity contribution < 1.29 is 15.0 Å². The Hall–Kier alpha value is -1.48. The summed E-state index contributed by atoms with van der Waals surface area (Å²) >= 11 is 6.23. The van der Waals surface area contributed by atoms with Gasteiger partial charge in [-0.2, -0.15) is 0 Å². The fraction of sp³-hybridized carbons (Fsp3) is 0.357. The lowest BCUT2D eigenvalue weighted by Gasteiger charge is -2.00. The number of hydrogen-bond donors (Lipinski definition) is 2. The molecule has 0 radical (unpaired) electrons. The summed E-state index contributed by atoms with van der Waals surface area (Å²) in [5.74, 6) is 0.662. The molecule has 98 valence electrons. The van der Waals surface area contributed by atoms with Crippen molar-refractivity contribution in [1.29, 1.82) is 0 Å². The maximum Gasteiger partial charge on any atom is 0.503 e. The van der Waals surface area contributed by atoms with Gasteiger partial charge in [0.2, 0.25) is 0 Å². The van der Waals surface area contributed by atoms with Crippen LogP contribution in [0.5, 0.6) is 0 Å². The van der Waals surface area contributed by atoms with Crippen molar-refractivity contribution in [3.05, 3.63) is 42.0 Å². The van der Waals surface area contributed by atoms with E-state index in [9.17, 15) is 0 Å². The Labute approximate surface area is 112 Å². The van der Waals surface area contributed by atoms with Crippen molar-refractivity contribution >= 4 is 22.8 Å². The van der Waals surface area contributed by atoms with E-state index in [1.165, 1.54) is 6.42 Å². The molecule has 0 amide bonds. The first kappa shape index (κ1) is 14.6. The summed E-state index contributed by atoms with van der Waals surface area (Å²) in [6.07, 6.45) is 1.62. The molecule has 0 aliphatic heterocycles. The standard InChI is InChI=1S/C13H15Cl.CH2O3/c1-13(2)9-11(13)8-12(14)10-6-4-3-5-7-10;2-1(3)4/h3-8,11H,9H2,1-2H3;(H2,2,3,4). The second-order valence-corrected chi connectivity index (χ2v) is 5.37. The molecule has 2 N–H and O–H groups in total. The molecule has 1 atom stereocenters. The van der Waals surface area contributed by atoms with Crippen LogP contribution >= 0.6 is 11.6 Å². The number of hydrogen-bond acceptors (Lipinski definition) is 1. The van der Waals surface area contributed by atoms with Crippen molar-refractivity contribution in [1.82, 2.24) is 0 Å². The fourth-order valence-corrected chi connectivity index (χ4v) is 1.94. The second-order valence-electron chi connectivity index (χ2n) is 4.96. The van der Waals surface area contributed by atoms with Crippen molar-refractivity contribution in [2.24, 2.45) is 11.3 Å².